The molecular weight excluding hydrogens is 551 g/mol. The van der Waals surface area contributed by atoms with E-state index in [4.69, 9.17) is 25.3 Å². The number of aliphatic hydroxyl groups excluding tert-OH is 1. The van der Waals surface area contributed by atoms with Crippen LogP contribution in [0.15, 0.2) is 23.6 Å². The Labute approximate surface area is 225 Å². The van der Waals surface area contributed by atoms with Crippen molar-refractivity contribution >= 4 is 47.6 Å². The lowest BCUT2D eigenvalue weighted by Gasteiger charge is -2.32. The number of H-pyrrole nitrogens is 1. The lowest BCUT2D eigenvalue weighted by Crippen LogP contribution is -2.31. The van der Waals surface area contributed by atoms with E-state index in [2.05, 4.69) is 42.3 Å². The number of nitrogen functional groups attached to an aromatic ring is 2. The largest absolute Gasteiger partial charge is 0.386 e. The number of ether oxygens (including phenoxy) is 1. The third-order valence-corrected chi connectivity index (χ3v) is 8.79. The Kier molecular flexibility index (Phi) is 6.60. The summed E-state index contributed by atoms with van der Waals surface area (Å²) >= 11 is 4.16. The zero-order chi connectivity index (χ0) is 27.5. The molecule has 2 fully saturated rings. The Morgan fingerprint density at radius 1 is 1.23 bits per heavy atom. The van der Waals surface area contributed by atoms with E-state index in [1.165, 1.54) is 17.2 Å². The fraction of sp³-hybridized carbons (Fsp3) is 0.524. The van der Waals surface area contributed by atoms with E-state index < -0.39 is 24.7 Å². The number of hydrogen-bond donors (Lipinski definition) is 5. The van der Waals surface area contributed by atoms with Crippen LogP contribution in [0, 0.1) is 11.8 Å². The lowest BCUT2D eigenvalue weighted by atomic mass is 9.86. The van der Waals surface area contributed by atoms with Crippen LogP contribution in [0.3, 0.4) is 0 Å². The number of fused-ring (bicyclic) bond motifs is 3. The van der Waals surface area contributed by atoms with Gasteiger partial charge in [-0.05, 0) is 31.1 Å². The number of hydrogen-bond acceptors (Lipinski definition) is 13. The van der Waals surface area contributed by atoms with Crippen LogP contribution < -0.4 is 17.0 Å². The van der Waals surface area contributed by atoms with Gasteiger partial charge in [-0.3, -0.25) is 23.4 Å². The molecule has 6 rings (SSSR count). The molecule has 16 nitrogen and oxygen atoms in total. The van der Waals surface area contributed by atoms with E-state index in [9.17, 15) is 14.5 Å². The van der Waals surface area contributed by atoms with Crippen LogP contribution in [0.4, 0.5) is 11.8 Å². The number of thiol groups is 1. The van der Waals surface area contributed by atoms with Crippen molar-refractivity contribution in [1.82, 2.24) is 39.1 Å². The van der Waals surface area contributed by atoms with Crippen molar-refractivity contribution in [2.75, 3.05) is 18.1 Å². The highest BCUT2D eigenvalue weighted by atomic mass is 32.7. The summed E-state index contributed by atoms with van der Waals surface area (Å²) in [6.07, 6.45) is 2.75. The Morgan fingerprint density at radius 2 is 2.05 bits per heavy atom. The van der Waals surface area contributed by atoms with E-state index in [-0.39, 0.29) is 53.6 Å². The number of imidazole rings is 2. The van der Waals surface area contributed by atoms with Gasteiger partial charge in [0.1, 0.15) is 18.5 Å². The van der Waals surface area contributed by atoms with Crippen LogP contribution >= 0.6 is 19.0 Å². The smallest absolute Gasteiger partial charge is 0.381 e. The summed E-state index contributed by atoms with van der Waals surface area (Å²) in [5.74, 6) is 0.165. The van der Waals surface area contributed by atoms with Crippen molar-refractivity contribution in [1.29, 1.82) is 0 Å². The van der Waals surface area contributed by atoms with Gasteiger partial charge in [0.25, 0.3) is 5.56 Å². The number of rotatable bonds is 3. The summed E-state index contributed by atoms with van der Waals surface area (Å²) in [5.41, 5.74) is 12.3. The predicted molar refractivity (Wildman–Crippen MR) is 141 cm³/mol. The summed E-state index contributed by atoms with van der Waals surface area (Å²) < 4.78 is 33.8. The van der Waals surface area contributed by atoms with E-state index in [1.807, 2.05) is 6.92 Å². The first-order chi connectivity index (χ1) is 18.6. The summed E-state index contributed by atoms with van der Waals surface area (Å²) in [6.45, 7) is -1.97. The lowest BCUT2D eigenvalue weighted by molar-refractivity contribution is -0.0436. The summed E-state index contributed by atoms with van der Waals surface area (Å²) in [4.78, 5) is 31.0. The zero-order valence-electron chi connectivity index (χ0n) is 20.7. The average molecular weight is 579 g/mol. The second-order valence-electron chi connectivity index (χ2n) is 9.90. The molecule has 0 aliphatic carbocycles. The molecule has 0 amide bonds. The normalized spacial score (nSPS) is 30.9. The van der Waals surface area contributed by atoms with Crippen molar-refractivity contribution < 1.29 is 23.5 Å². The van der Waals surface area contributed by atoms with Gasteiger partial charge in [0.15, 0.2) is 28.9 Å². The Balaban J connectivity index is 1.26. The van der Waals surface area contributed by atoms with Gasteiger partial charge in [-0.1, -0.05) is 19.2 Å². The molecule has 208 valence electrons. The number of aromatic amines is 1. The van der Waals surface area contributed by atoms with Gasteiger partial charge in [-0.2, -0.15) is 10.1 Å². The molecule has 3 unspecified atom stereocenters. The minimum absolute atomic E-state index is 0.00196. The average Bonchev–Trinajstić information content (AvgIpc) is 3.59. The Hall–Kier alpha value is -3.08. The van der Waals surface area contributed by atoms with E-state index in [1.54, 1.807) is 10.7 Å². The maximum Gasteiger partial charge on any atom is 0.386 e. The second kappa shape index (κ2) is 9.83. The van der Waals surface area contributed by atoms with Gasteiger partial charge >= 0.3 is 6.80 Å². The molecule has 6 heterocycles. The van der Waals surface area contributed by atoms with E-state index >= 15 is 0 Å². The van der Waals surface area contributed by atoms with Gasteiger partial charge in [-0.25, -0.2) is 24.0 Å². The number of aliphatic hydroxyl groups is 1. The molecule has 2 aliphatic heterocycles. The topological polar surface area (TPSA) is 224 Å². The van der Waals surface area contributed by atoms with Crippen LogP contribution in [-0.2, 0) is 18.3 Å². The zero-order valence-corrected chi connectivity index (χ0v) is 22.5. The van der Waals surface area contributed by atoms with Crippen molar-refractivity contribution in [3.05, 3.63) is 34.9 Å². The molecule has 18 heteroatoms. The fourth-order valence-corrected chi connectivity index (χ4v) is 6.90. The molecule has 6 N–H and O–H groups in total. The van der Waals surface area contributed by atoms with Crippen LogP contribution in [0.25, 0.3) is 16.8 Å². The highest BCUT2D eigenvalue weighted by Crippen LogP contribution is 2.57. The van der Waals surface area contributed by atoms with Gasteiger partial charge in [0.2, 0.25) is 5.95 Å². The molecule has 2 saturated heterocycles. The minimum atomic E-state index is -3.94. The molecule has 0 aromatic carbocycles. The molecule has 7 atom stereocenters. The first kappa shape index (κ1) is 26.2. The highest BCUT2D eigenvalue weighted by molar-refractivity contribution is 8.44. The number of anilines is 2. The standard InChI is InChI=1S/C21H27N10O6PS/c1-9-2-10-4-12(11-5-24-18-16(22)25-7-27-31(11)18)36-14(10)6-35-38(34,39)37-13(3-9)20(33)30-8-26-15-17(30)28-21(23)29-19(15)32/h5,7-10,12-14,20,33H,2-4,6H2,1H3,(H,34,39)(H2,22,25,27)(H3,23,28,29,32)/t9?,10?,12-,13-,14-,20-,38?/m1/s1. The summed E-state index contributed by atoms with van der Waals surface area (Å²) in [7, 11) is 0. The SMILES string of the molecule is CC1CC2C[C@H](c3cnc4c(N)ncnn34)O[C@@H]2COP(=O)(S)O[C@@H]([C@@H](O)n2cnc3c(=O)[nH]c(N)nc32)C1. The van der Waals surface area contributed by atoms with E-state index in [0.29, 0.717) is 24.9 Å². The molecule has 2 aliphatic rings. The van der Waals surface area contributed by atoms with Crippen molar-refractivity contribution in [2.45, 2.75) is 50.7 Å². The van der Waals surface area contributed by atoms with Crippen molar-refractivity contribution in [2.24, 2.45) is 11.8 Å². The monoisotopic (exact) mass is 578 g/mol. The third kappa shape index (κ3) is 4.90. The quantitative estimate of drug-likeness (QED) is 0.171. The fourth-order valence-electron chi connectivity index (χ4n) is 5.40. The third-order valence-electron chi connectivity index (χ3n) is 7.15. The number of nitrogens with zero attached hydrogens (tertiary/aromatic N) is 7. The maximum atomic E-state index is 13.2. The predicted octanol–water partition coefficient (Wildman–Crippen LogP) is 1.23. The summed E-state index contributed by atoms with van der Waals surface area (Å²) in [6, 6.07) is 0. The molecule has 0 radical (unpaired) electrons. The molecule has 4 aromatic heterocycles. The molecule has 0 spiro atoms. The molecule has 4 aromatic rings. The Morgan fingerprint density at radius 3 is 2.87 bits per heavy atom. The van der Waals surface area contributed by atoms with E-state index in [0.717, 1.165) is 5.69 Å². The summed E-state index contributed by atoms with van der Waals surface area (Å²) in [5, 5.41) is 15.5. The molecule has 0 bridgehead atoms. The number of nitrogens with one attached hydrogen (secondary N) is 1. The first-order valence-electron chi connectivity index (χ1n) is 12.3. The van der Waals surface area contributed by atoms with Crippen LogP contribution in [0.2, 0.25) is 0 Å². The molecule has 0 saturated carbocycles. The van der Waals surface area contributed by atoms with Gasteiger partial charge in [0, 0.05) is 0 Å². The Bertz CT molecular complexity index is 1640. The minimum Gasteiger partial charge on any atom is -0.381 e. The highest BCUT2D eigenvalue weighted by Gasteiger charge is 2.42. The van der Waals surface area contributed by atoms with Crippen molar-refractivity contribution in [3.8, 4) is 0 Å². The molecule has 39 heavy (non-hydrogen) atoms. The van der Waals surface area contributed by atoms with Crippen LogP contribution in [-0.4, -0.2) is 63.0 Å². The number of nitrogens with two attached hydrogens (primary N) is 2. The van der Waals surface area contributed by atoms with Gasteiger partial charge < -0.3 is 21.3 Å². The second-order valence-corrected chi connectivity index (χ2v) is 12.8. The first-order valence-corrected chi connectivity index (χ1v) is 14.9. The van der Waals surface area contributed by atoms with Crippen molar-refractivity contribution in [3.63, 3.8) is 0 Å². The van der Waals surface area contributed by atoms with Gasteiger partial charge in [-0.15, -0.1) is 0 Å². The van der Waals surface area contributed by atoms with Gasteiger partial charge in [0.05, 0.1) is 30.9 Å². The van der Waals surface area contributed by atoms with Crippen LogP contribution in [0.5, 0.6) is 0 Å². The van der Waals surface area contributed by atoms with Crippen LogP contribution in [0.1, 0.15) is 44.2 Å². The molecular formula is C21H27N10O6PS. The maximum absolute atomic E-state index is 13.2. The number of aromatic nitrogens is 8.